The molecule has 0 bridgehead atoms. The van der Waals surface area contributed by atoms with Crippen LogP contribution in [0.25, 0.3) is 0 Å². The molecule has 1 unspecified atom stereocenters. The molecular formula is C30H36F2N2O7. The molecule has 0 saturated carbocycles. The second-order valence-electron chi connectivity index (χ2n) is 10.4. The van der Waals surface area contributed by atoms with Gasteiger partial charge in [0.2, 0.25) is 0 Å². The summed E-state index contributed by atoms with van der Waals surface area (Å²) in [5.41, 5.74) is -0.104. The molecule has 1 amide bonds. The van der Waals surface area contributed by atoms with E-state index in [9.17, 15) is 28.3 Å². The van der Waals surface area contributed by atoms with Gasteiger partial charge >= 0.3 is 18.0 Å². The number of halogens is 2. The number of rotatable bonds is 9. The lowest BCUT2D eigenvalue weighted by Gasteiger charge is -2.42. The van der Waals surface area contributed by atoms with Crippen molar-refractivity contribution >= 4 is 18.0 Å². The lowest BCUT2D eigenvalue weighted by atomic mass is 9.72. The fourth-order valence-corrected chi connectivity index (χ4v) is 5.20. The van der Waals surface area contributed by atoms with Crippen LogP contribution in [0.1, 0.15) is 44.2 Å². The van der Waals surface area contributed by atoms with Gasteiger partial charge in [0.1, 0.15) is 23.3 Å². The van der Waals surface area contributed by atoms with E-state index in [2.05, 4.69) is 4.90 Å². The lowest BCUT2D eigenvalue weighted by Crippen LogP contribution is -2.45. The number of ether oxygens (including phenoxy) is 1. The molecule has 2 aliphatic heterocycles. The monoisotopic (exact) mass is 574 g/mol. The summed E-state index contributed by atoms with van der Waals surface area (Å²) in [6.45, 7) is 7.01. The second kappa shape index (κ2) is 14.2. The van der Waals surface area contributed by atoms with E-state index in [0.29, 0.717) is 29.8 Å². The highest BCUT2D eigenvalue weighted by Crippen LogP contribution is 2.42. The quantitative estimate of drug-likeness (QED) is 0.380. The van der Waals surface area contributed by atoms with Crippen molar-refractivity contribution in [3.05, 3.63) is 83.4 Å². The van der Waals surface area contributed by atoms with E-state index >= 15 is 0 Å². The number of aliphatic carboxylic acids is 2. The van der Waals surface area contributed by atoms with Crippen LogP contribution in [-0.2, 0) is 19.9 Å². The number of hydrogen-bond acceptors (Lipinski definition) is 6. The van der Waals surface area contributed by atoms with Crippen molar-refractivity contribution in [2.75, 3.05) is 26.2 Å². The van der Waals surface area contributed by atoms with Crippen LogP contribution in [-0.4, -0.2) is 81.5 Å². The van der Waals surface area contributed by atoms with E-state index in [0.717, 1.165) is 38.9 Å². The zero-order valence-electron chi connectivity index (χ0n) is 23.1. The van der Waals surface area contributed by atoms with Gasteiger partial charge in [-0.3, -0.25) is 0 Å². The number of hydrogen-bond donors (Lipinski definition) is 3. The lowest BCUT2D eigenvalue weighted by molar-refractivity contribution is -0.134. The molecule has 2 aromatic rings. The van der Waals surface area contributed by atoms with Crippen LogP contribution in [0.4, 0.5) is 13.6 Å². The maximum Gasteiger partial charge on any atom is 0.410 e. The summed E-state index contributed by atoms with van der Waals surface area (Å²) in [5, 5.41) is 27.6. The number of likely N-dealkylation sites (tertiary alicyclic amines) is 1. The van der Waals surface area contributed by atoms with Gasteiger partial charge in [-0.25, -0.2) is 23.2 Å². The summed E-state index contributed by atoms with van der Waals surface area (Å²) in [5.74, 6) is -3.33. The zero-order valence-corrected chi connectivity index (χ0v) is 23.1. The van der Waals surface area contributed by atoms with Gasteiger partial charge in [-0.2, -0.15) is 0 Å². The fourth-order valence-electron chi connectivity index (χ4n) is 5.20. The molecule has 1 atom stereocenters. The fraction of sp³-hybridized carbons (Fsp3) is 0.433. The van der Waals surface area contributed by atoms with E-state index in [1.54, 1.807) is 29.2 Å². The summed E-state index contributed by atoms with van der Waals surface area (Å²) < 4.78 is 32.6. The zero-order chi connectivity index (χ0) is 30.2. The Kier molecular flexibility index (Phi) is 11.0. The van der Waals surface area contributed by atoms with Crippen molar-refractivity contribution in [1.82, 2.24) is 9.80 Å². The molecule has 41 heavy (non-hydrogen) atoms. The average molecular weight is 575 g/mol. The normalized spacial score (nSPS) is 18.3. The van der Waals surface area contributed by atoms with Crippen LogP contribution in [0.2, 0.25) is 0 Å². The number of cyclic esters (lactones) is 1. The Morgan fingerprint density at radius 3 is 1.80 bits per heavy atom. The van der Waals surface area contributed by atoms with Gasteiger partial charge in [-0.15, -0.1) is 0 Å². The van der Waals surface area contributed by atoms with Gasteiger partial charge in [0.15, 0.2) is 0 Å². The standard InChI is InChI=1S/C26H32F2N2O3.C4H4O4/c1-18(2)30-17-24(33-25(30)31)13-16-29-14-11-21(12-15-29)26(32,19-3-7-22(27)8-4-19)20-5-9-23(28)10-6-20;5-3(6)1-2-4(7)8/h3-10,18,21,24,32H,11-17H2,1-2H3;1-2H,(H,5,6)(H,7,8)/b;2-1+. The largest absolute Gasteiger partial charge is 0.478 e. The van der Waals surface area contributed by atoms with Gasteiger partial charge in [0.05, 0.1) is 6.54 Å². The van der Waals surface area contributed by atoms with Gasteiger partial charge in [-0.1, -0.05) is 24.3 Å². The minimum atomic E-state index is -1.33. The molecule has 0 aromatic heterocycles. The molecule has 2 heterocycles. The maximum atomic E-state index is 13.6. The topological polar surface area (TPSA) is 128 Å². The minimum Gasteiger partial charge on any atom is -0.478 e. The summed E-state index contributed by atoms with van der Waals surface area (Å²) in [6, 6.07) is 12.0. The third kappa shape index (κ3) is 8.58. The number of benzene rings is 2. The molecule has 2 aliphatic rings. The molecule has 0 spiro atoms. The molecule has 3 N–H and O–H groups in total. The van der Waals surface area contributed by atoms with Crippen molar-refractivity contribution in [1.29, 1.82) is 0 Å². The van der Waals surface area contributed by atoms with Crippen molar-refractivity contribution in [2.45, 2.75) is 50.9 Å². The predicted molar refractivity (Wildman–Crippen MR) is 146 cm³/mol. The Bertz CT molecular complexity index is 1150. The number of carboxylic acid groups (broad SMARTS) is 2. The molecular weight excluding hydrogens is 538 g/mol. The van der Waals surface area contributed by atoms with Crippen LogP contribution in [0, 0.1) is 17.6 Å². The molecule has 11 heteroatoms. The van der Waals surface area contributed by atoms with Crippen molar-refractivity contribution in [3.63, 3.8) is 0 Å². The maximum absolute atomic E-state index is 13.6. The number of aliphatic hydroxyl groups is 1. The van der Waals surface area contributed by atoms with Crippen molar-refractivity contribution < 1.29 is 43.2 Å². The summed E-state index contributed by atoms with van der Waals surface area (Å²) in [6.07, 6.45) is 3.05. The molecule has 4 rings (SSSR count). The van der Waals surface area contributed by atoms with E-state index in [4.69, 9.17) is 14.9 Å². The first-order chi connectivity index (χ1) is 19.4. The first-order valence-corrected chi connectivity index (χ1v) is 13.5. The first kappa shape index (κ1) is 31.7. The van der Waals surface area contributed by atoms with Crippen molar-refractivity contribution in [2.24, 2.45) is 5.92 Å². The molecule has 2 fully saturated rings. The van der Waals surface area contributed by atoms with Crippen molar-refractivity contribution in [3.8, 4) is 0 Å². The van der Waals surface area contributed by atoms with Gasteiger partial charge in [-0.05, 0) is 87.5 Å². The van der Waals surface area contributed by atoms with Crippen LogP contribution in [0.5, 0.6) is 0 Å². The van der Waals surface area contributed by atoms with Crippen LogP contribution in [0.15, 0.2) is 60.7 Å². The molecule has 0 aliphatic carbocycles. The summed E-state index contributed by atoms with van der Waals surface area (Å²) in [4.78, 5) is 35.1. The third-order valence-corrected chi connectivity index (χ3v) is 7.41. The number of carbonyl (C=O) groups is 3. The number of carbonyl (C=O) groups excluding carboxylic acids is 1. The number of amides is 1. The highest BCUT2D eigenvalue weighted by Gasteiger charge is 2.42. The minimum absolute atomic E-state index is 0.0898. The number of nitrogens with zero attached hydrogens (tertiary/aromatic N) is 2. The molecule has 2 aromatic carbocycles. The smallest absolute Gasteiger partial charge is 0.410 e. The van der Waals surface area contributed by atoms with E-state index in [-0.39, 0.29) is 35.8 Å². The Morgan fingerprint density at radius 2 is 1.41 bits per heavy atom. The Balaban J connectivity index is 0.000000507. The van der Waals surface area contributed by atoms with Crippen LogP contribution < -0.4 is 0 Å². The van der Waals surface area contributed by atoms with Gasteiger partial charge in [0, 0.05) is 24.7 Å². The van der Waals surface area contributed by atoms with Crippen LogP contribution in [0.3, 0.4) is 0 Å². The Hall–Kier alpha value is -3.83. The third-order valence-electron chi connectivity index (χ3n) is 7.41. The second-order valence-corrected chi connectivity index (χ2v) is 10.4. The van der Waals surface area contributed by atoms with E-state index in [1.165, 1.54) is 24.3 Å². The molecule has 9 nitrogen and oxygen atoms in total. The molecule has 0 radical (unpaired) electrons. The van der Waals surface area contributed by atoms with Gasteiger partial charge in [0.25, 0.3) is 0 Å². The molecule has 2 saturated heterocycles. The average Bonchev–Trinajstić information content (AvgIpc) is 3.32. The first-order valence-electron chi connectivity index (χ1n) is 13.5. The van der Waals surface area contributed by atoms with Crippen LogP contribution >= 0.6 is 0 Å². The summed E-state index contributed by atoms with van der Waals surface area (Å²) >= 11 is 0. The Morgan fingerprint density at radius 1 is 0.951 bits per heavy atom. The van der Waals surface area contributed by atoms with E-state index in [1.807, 2.05) is 13.8 Å². The van der Waals surface area contributed by atoms with Gasteiger partial charge < -0.3 is 29.9 Å². The predicted octanol–water partition coefficient (Wildman–Crippen LogP) is 4.24. The highest BCUT2D eigenvalue weighted by molar-refractivity contribution is 5.89. The summed E-state index contributed by atoms with van der Waals surface area (Å²) in [7, 11) is 0. The number of piperidine rings is 1. The number of carboxylic acids is 2. The van der Waals surface area contributed by atoms with E-state index < -0.39 is 17.5 Å². The highest BCUT2D eigenvalue weighted by atomic mass is 19.1. The molecule has 222 valence electrons. The Labute approximate surface area is 237 Å². The SMILES string of the molecule is CC(C)N1CC(CCN2CCC(C(O)(c3ccc(F)cc3)c3ccc(F)cc3)CC2)OC1=O.O=C(O)/C=C/C(=O)O.